The second-order valence-electron chi connectivity index (χ2n) is 5.06. The van der Waals surface area contributed by atoms with Crippen molar-refractivity contribution in [2.45, 2.75) is 40.0 Å². The molecule has 2 aromatic carbocycles. The summed E-state index contributed by atoms with van der Waals surface area (Å²) >= 11 is 0. The third-order valence-electron chi connectivity index (χ3n) is 3.82. The number of hydrogen-bond acceptors (Lipinski definition) is 2. The normalized spacial score (nSPS) is 10.8. The Kier molecular flexibility index (Phi) is 4.33. The van der Waals surface area contributed by atoms with E-state index in [-0.39, 0.29) is 11.5 Å². The molecule has 20 heavy (non-hydrogen) atoms. The summed E-state index contributed by atoms with van der Waals surface area (Å²) in [5.74, 6) is -0.0413. The number of benzene rings is 2. The molecule has 2 rings (SSSR count). The minimum atomic E-state index is -0.0408. The Hall–Kier alpha value is -1.96. The number of aryl methyl sites for hydroxylation is 3. The molecule has 0 amide bonds. The molecule has 0 aromatic heterocycles. The lowest BCUT2D eigenvalue weighted by atomic mass is 9.93. The lowest BCUT2D eigenvalue weighted by Gasteiger charge is -2.13. The first-order chi connectivity index (χ1) is 9.60. The molecule has 0 aliphatic carbocycles. The molecule has 0 saturated carbocycles. The van der Waals surface area contributed by atoms with Crippen LogP contribution in [0.5, 0.6) is 11.5 Å². The topological polar surface area (TPSA) is 40.5 Å². The lowest BCUT2D eigenvalue weighted by Crippen LogP contribution is -1.92. The van der Waals surface area contributed by atoms with E-state index in [0.29, 0.717) is 6.42 Å². The Balaban J connectivity index is 2.59. The second-order valence-corrected chi connectivity index (χ2v) is 5.06. The molecule has 0 heterocycles. The van der Waals surface area contributed by atoms with Gasteiger partial charge in [-0.1, -0.05) is 39.0 Å². The molecule has 0 aliphatic rings. The molecule has 0 atom stereocenters. The third-order valence-corrected chi connectivity index (χ3v) is 3.82. The van der Waals surface area contributed by atoms with Gasteiger partial charge in [-0.3, -0.25) is 0 Å². The monoisotopic (exact) mass is 270 g/mol. The number of aromatic hydroxyl groups is 2. The summed E-state index contributed by atoms with van der Waals surface area (Å²) in [5, 5.41) is 19.7. The van der Waals surface area contributed by atoms with Crippen molar-refractivity contribution in [3.05, 3.63) is 47.0 Å². The summed E-state index contributed by atoms with van der Waals surface area (Å²) in [6.45, 7) is 6.26. The van der Waals surface area contributed by atoms with Crippen LogP contribution in [0.15, 0.2) is 30.3 Å². The zero-order chi connectivity index (χ0) is 14.7. The van der Waals surface area contributed by atoms with Crippen LogP contribution in [-0.4, -0.2) is 10.2 Å². The van der Waals surface area contributed by atoms with E-state index in [1.807, 2.05) is 13.0 Å². The van der Waals surface area contributed by atoms with Gasteiger partial charge in [0.15, 0.2) is 11.5 Å². The predicted molar refractivity (Wildman–Crippen MR) is 83.3 cm³/mol. The maximum Gasteiger partial charge on any atom is 0.160 e. The van der Waals surface area contributed by atoms with Crippen molar-refractivity contribution in [3.8, 4) is 22.6 Å². The minimum absolute atomic E-state index is 0.000484. The number of hydrogen-bond donors (Lipinski definition) is 2. The van der Waals surface area contributed by atoms with E-state index in [1.165, 1.54) is 11.1 Å². The standard InChI is InChI=1S/C18H22O2/c1-4-12-7-8-16(13(5-2)9-12)15-10-14(6-3)18(20)17(19)11-15/h7-11,19-20H,4-6H2,1-3H3. The Morgan fingerprint density at radius 3 is 2.10 bits per heavy atom. The van der Waals surface area contributed by atoms with Crippen LogP contribution in [0.3, 0.4) is 0 Å². The third kappa shape index (κ3) is 2.64. The summed E-state index contributed by atoms with van der Waals surface area (Å²) < 4.78 is 0. The fraction of sp³-hybridized carbons (Fsp3) is 0.333. The largest absolute Gasteiger partial charge is 0.504 e. The molecule has 0 radical (unpaired) electrons. The molecule has 2 heteroatoms. The Bertz CT molecular complexity index is 615. The van der Waals surface area contributed by atoms with Crippen LogP contribution in [0, 0.1) is 0 Å². The molecule has 0 unspecified atom stereocenters. The zero-order valence-electron chi connectivity index (χ0n) is 12.4. The van der Waals surface area contributed by atoms with Crippen molar-refractivity contribution >= 4 is 0 Å². The van der Waals surface area contributed by atoms with Gasteiger partial charge in [-0.2, -0.15) is 0 Å². The SMILES string of the molecule is CCc1ccc(-c2cc(O)c(O)c(CC)c2)c(CC)c1. The molecular weight excluding hydrogens is 248 g/mol. The summed E-state index contributed by atoms with van der Waals surface area (Å²) in [6, 6.07) is 10.1. The van der Waals surface area contributed by atoms with Crippen molar-refractivity contribution in [2.75, 3.05) is 0 Å². The van der Waals surface area contributed by atoms with Crippen molar-refractivity contribution in [1.29, 1.82) is 0 Å². The molecule has 0 bridgehead atoms. The van der Waals surface area contributed by atoms with E-state index in [4.69, 9.17) is 0 Å². The molecule has 0 aliphatic heterocycles. The van der Waals surface area contributed by atoms with Crippen molar-refractivity contribution in [3.63, 3.8) is 0 Å². The van der Waals surface area contributed by atoms with Gasteiger partial charge in [0.25, 0.3) is 0 Å². The van der Waals surface area contributed by atoms with E-state index in [9.17, 15) is 10.2 Å². The van der Waals surface area contributed by atoms with Gasteiger partial charge in [-0.25, -0.2) is 0 Å². The van der Waals surface area contributed by atoms with Crippen LogP contribution in [0.25, 0.3) is 11.1 Å². The van der Waals surface area contributed by atoms with Gasteiger partial charge in [0.05, 0.1) is 0 Å². The van der Waals surface area contributed by atoms with Gasteiger partial charge >= 0.3 is 0 Å². The van der Waals surface area contributed by atoms with Gasteiger partial charge in [0.1, 0.15) is 0 Å². The quantitative estimate of drug-likeness (QED) is 0.806. The van der Waals surface area contributed by atoms with Crippen LogP contribution in [0.4, 0.5) is 0 Å². The second kappa shape index (κ2) is 6.00. The van der Waals surface area contributed by atoms with Crippen LogP contribution in [0.2, 0.25) is 0 Å². The lowest BCUT2D eigenvalue weighted by molar-refractivity contribution is 0.400. The average Bonchev–Trinajstić information content (AvgIpc) is 2.49. The highest BCUT2D eigenvalue weighted by molar-refractivity contribution is 5.72. The zero-order valence-corrected chi connectivity index (χ0v) is 12.4. The maximum absolute atomic E-state index is 9.89. The van der Waals surface area contributed by atoms with E-state index in [1.54, 1.807) is 6.07 Å². The minimum Gasteiger partial charge on any atom is -0.504 e. The molecule has 2 N–H and O–H groups in total. The summed E-state index contributed by atoms with van der Waals surface area (Å²) in [7, 11) is 0. The van der Waals surface area contributed by atoms with E-state index < -0.39 is 0 Å². The first-order valence-corrected chi connectivity index (χ1v) is 7.27. The first-order valence-electron chi connectivity index (χ1n) is 7.27. The fourth-order valence-corrected chi connectivity index (χ4v) is 2.54. The number of phenols is 2. The molecule has 2 aromatic rings. The van der Waals surface area contributed by atoms with Gasteiger partial charge in [0.2, 0.25) is 0 Å². The van der Waals surface area contributed by atoms with Crippen LogP contribution in [-0.2, 0) is 19.3 Å². The maximum atomic E-state index is 9.89. The highest BCUT2D eigenvalue weighted by atomic mass is 16.3. The average molecular weight is 270 g/mol. The highest BCUT2D eigenvalue weighted by Gasteiger charge is 2.11. The van der Waals surface area contributed by atoms with Gasteiger partial charge in [0, 0.05) is 0 Å². The molecule has 106 valence electrons. The van der Waals surface area contributed by atoms with E-state index in [2.05, 4.69) is 32.0 Å². The fourth-order valence-electron chi connectivity index (χ4n) is 2.54. The summed E-state index contributed by atoms with van der Waals surface area (Å²) in [6.07, 6.45) is 2.67. The molecule has 0 fully saturated rings. The van der Waals surface area contributed by atoms with Crippen LogP contribution >= 0.6 is 0 Å². The van der Waals surface area contributed by atoms with Crippen molar-refractivity contribution in [1.82, 2.24) is 0 Å². The smallest absolute Gasteiger partial charge is 0.160 e. The Morgan fingerprint density at radius 2 is 1.50 bits per heavy atom. The predicted octanol–water partition coefficient (Wildman–Crippen LogP) is 4.45. The van der Waals surface area contributed by atoms with Crippen LogP contribution < -0.4 is 0 Å². The number of phenolic OH excluding ortho intramolecular Hbond substituents is 2. The highest BCUT2D eigenvalue weighted by Crippen LogP contribution is 2.36. The van der Waals surface area contributed by atoms with Crippen molar-refractivity contribution in [2.24, 2.45) is 0 Å². The first kappa shape index (κ1) is 14.4. The molecule has 2 nitrogen and oxygen atoms in total. The Morgan fingerprint density at radius 1 is 0.800 bits per heavy atom. The molecule has 0 saturated heterocycles. The Labute approximate surface area is 120 Å². The van der Waals surface area contributed by atoms with Gasteiger partial charge in [-0.05, 0) is 59.2 Å². The van der Waals surface area contributed by atoms with Crippen molar-refractivity contribution < 1.29 is 10.2 Å². The van der Waals surface area contributed by atoms with Gasteiger partial charge in [-0.15, -0.1) is 0 Å². The molecule has 0 spiro atoms. The van der Waals surface area contributed by atoms with E-state index in [0.717, 1.165) is 29.5 Å². The van der Waals surface area contributed by atoms with Gasteiger partial charge < -0.3 is 10.2 Å². The number of rotatable bonds is 4. The molecular formula is C18H22O2. The van der Waals surface area contributed by atoms with Crippen LogP contribution in [0.1, 0.15) is 37.5 Å². The van der Waals surface area contributed by atoms with E-state index >= 15 is 0 Å². The summed E-state index contributed by atoms with van der Waals surface area (Å²) in [4.78, 5) is 0. The summed E-state index contributed by atoms with van der Waals surface area (Å²) in [5.41, 5.74) is 5.48.